The third-order valence-corrected chi connectivity index (χ3v) is 7.08. The van der Waals surface area contributed by atoms with Crippen molar-refractivity contribution >= 4 is 21.7 Å². The van der Waals surface area contributed by atoms with Gasteiger partial charge in [-0.25, -0.2) is 4.98 Å². The molecule has 1 N–H and O–H groups in total. The minimum Gasteiger partial charge on any atom is -0.481 e. The van der Waals surface area contributed by atoms with Gasteiger partial charge in [-0.1, -0.05) is 25.0 Å². The van der Waals surface area contributed by atoms with E-state index in [9.17, 15) is 9.90 Å². The van der Waals surface area contributed by atoms with Gasteiger partial charge in [-0.05, 0) is 46.7 Å². The molecular weight excluding hydrogens is 382 g/mol. The van der Waals surface area contributed by atoms with Crippen molar-refractivity contribution in [2.75, 3.05) is 7.11 Å². The van der Waals surface area contributed by atoms with Gasteiger partial charge in [0.25, 0.3) is 0 Å². The van der Waals surface area contributed by atoms with E-state index in [2.05, 4.69) is 27.0 Å². The van der Waals surface area contributed by atoms with Crippen LogP contribution in [0.1, 0.15) is 37.8 Å². The molecular formula is C20H24BrNO3. The summed E-state index contributed by atoms with van der Waals surface area (Å²) < 4.78 is 6.12. The summed E-state index contributed by atoms with van der Waals surface area (Å²) in [4.78, 5) is 17.1. The Morgan fingerprint density at radius 2 is 2.16 bits per heavy atom. The van der Waals surface area contributed by atoms with Gasteiger partial charge >= 0.3 is 0 Å². The number of rotatable bonds is 3. The van der Waals surface area contributed by atoms with E-state index in [1.807, 2.05) is 12.1 Å². The molecule has 2 fully saturated rings. The number of ether oxygens (including phenoxy) is 1. The summed E-state index contributed by atoms with van der Waals surface area (Å²) >= 11 is 3.55. The Labute approximate surface area is 156 Å². The maximum absolute atomic E-state index is 12.5. The SMILES string of the molecule is COc1ccc(Br)c(C[C@]2(O)C=C[C@H]3CC(=O)[C@@H]4CCCC[C@H]4[C@@H]32)n1. The third kappa shape index (κ3) is 2.95. The van der Waals surface area contributed by atoms with Crippen molar-refractivity contribution in [3.8, 4) is 5.88 Å². The molecule has 4 nitrogen and oxygen atoms in total. The van der Waals surface area contributed by atoms with Crippen molar-refractivity contribution in [2.24, 2.45) is 23.7 Å². The Bertz CT molecular complexity index is 719. The van der Waals surface area contributed by atoms with Crippen molar-refractivity contribution < 1.29 is 14.6 Å². The summed E-state index contributed by atoms with van der Waals surface area (Å²) in [6.45, 7) is 0. The summed E-state index contributed by atoms with van der Waals surface area (Å²) in [5, 5.41) is 11.6. The number of aliphatic hydroxyl groups is 1. The molecule has 0 radical (unpaired) electrons. The molecule has 0 spiro atoms. The van der Waals surface area contributed by atoms with E-state index >= 15 is 0 Å². The maximum atomic E-state index is 12.5. The number of hydrogen-bond acceptors (Lipinski definition) is 4. The predicted octanol–water partition coefficient (Wildman–Crippen LogP) is 3.71. The minimum atomic E-state index is -0.937. The number of pyridine rings is 1. The summed E-state index contributed by atoms with van der Waals surface area (Å²) in [7, 11) is 1.60. The summed E-state index contributed by atoms with van der Waals surface area (Å²) in [5.41, 5.74) is -0.135. The fraction of sp³-hybridized carbons (Fsp3) is 0.600. The van der Waals surface area contributed by atoms with Crippen LogP contribution in [0, 0.1) is 23.7 Å². The molecule has 1 heterocycles. The molecule has 0 bridgehead atoms. The molecule has 1 aromatic heterocycles. The van der Waals surface area contributed by atoms with Crippen LogP contribution in [0.2, 0.25) is 0 Å². The van der Waals surface area contributed by atoms with Crippen LogP contribution in [0.15, 0.2) is 28.8 Å². The van der Waals surface area contributed by atoms with Crippen LogP contribution in [0.25, 0.3) is 0 Å². The molecule has 3 aliphatic carbocycles. The lowest BCUT2D eigenvalue weighted by molar-refractivity contribution is -0.137. The van der Waals surface area contributed by atoms with Crippen molar-refractivity contribution in [1.82, 2.24) is 4.98 Å². The molecule has 0 aromatic carbocycles. The highest BCUT2D eigenvalue weighted by Crippen LogP contribution is 2.53. The normalized spacial score (nSPS) is 36.8. The third-order valence-electron chi connectivity index (χ3n) is 6.35. The Morgan fingerprint density at radius 1 is 1.36 bits per heavy atom. The molecule has 4 rings (SSSR count). The molecule has 5 atom stereocenters. The van der Waals surface area contributed by atoms with E-state index in [0.29, 0.717) is 30.4 Å². The number of halogens is 1. The van der Waals surface area contributed by atoms with E-state index in [0.717, 1.165) is 35.8 Å². The van der Waals surface area contributed by atoms with Gasteiger partial charge in [0.1, 0.15) is 5.78 Å². The molecule has 134 valence electrons. The van der Waals surface area contributed by atoms with Gasteiger partial charge in [0.2, 0.25) is 5.88 Å². The second-order valence-electron chi connectivity index (χ2n) is 7.72. The van der Waals surface area contributed by atoms with E-state index in [1.165, 1.54) is 0 Å². The number of aromatic nitrogens is 1. The van der Waals surface area contributed by atoms with Crippen LogP contribution < -0.4 is 4.74 Å². The maximum Gasteiger partial charge on any atom is 0.213 e. The molecule has 5 heteroatoms. The Hall–Kier alpha value is -1.20. The molecule has 1 aromatic rings. The summed E-state index contributed by atoms with van der Waals surface area (Å²) in [5.74, 6) is 1.68. The van der Waals surface area contributed by atoms with Crippen LogP contribution in [0.4, 0.5) is 0 Å². The van der Waals surface area contributed by atoms with Gasteiger partial charge in [0.15, 0.2) is 0 Å². The number of hydrogen-bond donors (Lipinski definition) is 1. The largest absolute Gasteiger partial charge is 0.481 e. The fourth-order valence-electron chi connectivity index (χ4n) is 5.29. The van der Waals surface area contributed by atoms with Crippen LogP contribution in [-0.2, 0) is 11.2 Å². The zero-order valence-corrected chi connectivity index (χ0v) is 16.0. The lowest BCUT2D eigenvalue weighted by Gasteiger charge is -2.47. The first kappa shape index (κ1) is 17.2. The zero-order valence-electron chi connectivity index (χ0n) is 14.5. The van der Waals surface area contributed by atoms with Gasteiger partial charge in [0.05, 0.1) is 18.4 Å². The highest BCUT2D eigenvalue weighted by Gasteiger charge is 2.54. The first-order chi connectivity index (χ1) is 12.0. The molecule has 0 aliphatic heterocycles. The number of ketones is 1. The Morgan fingerprint density at radius 3 is 2.96 bits per heavy atom. The Balaban J connectivity index is 1.65. The van der Waals surface area contributed by atoms with Crippen molar-refractivity contribution in [3.63, 3.8) is 0 Å². The number of fused-ring (bicyclic) bond motifs is 3. The first-order valence-corrected chi connectivity index (χ1v) is 9.95. The van der Waals surface area contributed by atoms with Gasteiger partial charge in [-0.15, -0.1) is 0 Å². The van der Waals surface area contributed by atoms with Crippen molar-refractivity contribution in [2.45, 2.75) is 44.1 Å². The first-order valence-electron chi connectivity index (χ1n) is 9.16. The minimum absolute atomic E-state index is 0.121. The van der Waals surface area contributed by atoms with Gasteiger partial charge in [0, 0.05) is 35.2 Å². The van der Waals surface area contributed by atoms with Crippen LogP contribution in [-0.4, -0.2) is 28.6 Å². The van der Waals surface area contributed by atoms with Crippen LogP contribution >= 0.6 is 15.9 Å². The number of methoxy groups -OCH3 is 1. The van der Waals surface area contributed by atoms with Gasteiger partial charge < -0.3 is 9.84 Å². The smallest absolute Gasteiger partial charge is 0.213 e. The van der Waals surface area contributed by atoms with Crippen molar-refractivity contribution in [3.05, 3.63) is 34.5 Å². The summed E-state index contributed by atoms with van der Waals surface area (Å²) in [6.07, 6.45) is 9.37. The van der Waals surface area contributed by atoms with E-state index in [4.69, 9.17) is 4.74 Å². The molecule has 0 amide bonds. The highest BCUT2D eigenvalue weighted by atomic mass is 79.9. The number of Topliss-reactive ketones (excluding diaryl/α,β-unsaturated/α-hetero) is 1. The molecule has 25 heavy (non-hydrogen) atoms. The average molecular weight is 406 g/mol. The van der Waals surface area contributed by atoms with Gasteiger partial charge in [-0.3, -0.25) is 4.79 Å². The van der Waals surface area contributed by atoms with Gasteiger partial charge in [-0.2, -0.15) is 0 Å². The number of nitrogens with zero attached hydrogens (tertiary/aromatic N) is 1. The predicted molar refractivity (Wildman–Crippen MR) is 98.3 cm³/mol. The standard InChI is InChI=1S/C20H24BrNO3/c1-25-18-7-6-15(21)16(22-18)11-20(24)9-8-12-10-17(23)13-4-2-3-5-14(13)19(12)20/h6-9,12-14,19,24H,2-5,10-11H2,1H3/t12-,13+,14+,19+,20+/m0/s1. The van der Waals surface area contributed by atoms with Crippen molar-refractivity contribution in [1.29, 1.82) is 0 Å². The molecule has 0 unspecified atom stereocenters. The Kier molecular flexibility index (Phi) is 4.49. The van der Waals surface area contributed by atoms with E-state index in [-0.39, 0.29) is 17.8 Å². The second kappa shape index (κ2) is 6.51. The van der Waals surface area contributed by atoms with Crippen LogP contribution in [0.3, 0.4) is 0 Å². The fourth-order valence-corrected chi connectivity index (χ4v) is 5.66. The molecule has 2 saturated carbocycles. The lowest BCUT2D eigenvalue weighted by Crippen LogP contribution is -2.50. The topological polar surface area (TPSA) is 59.4 Å². The molecule has 3 aliphatic rings. The summed E-state index contributed by atoms with van der Waals surface area (Å²) in [6, 6.07) is 3.72. The molecule has 0 saturated heterocycles. The second-order valence-corrected chi connectivity index (χ2v) is 8.58. The highest BCUT2D eigenvalue weighted by molar-refractivity contribution is 9.10. The van der Waals surface area contributed by atoms with E-state index in [1.54, 1.807) is 13.2 Å². The quantitative estimate of drug-likeness (QED) is 0.778. The number of carbonyl (C=O) groups excluding carboxylic acids is 1. The average Bonchev–Trinajstić information content (AvgIpc) is 2.94. The monoisotopic (exact) mass is 405 g/mol. The zero-order chi connectivity index (χ0) is 17.6. The lowest BCUT2D eigenvalue weighted by atomic mass is 9.58. The number of carbonyl (C=O) groups is 1. The van der Waals surface area contributed by atoms with E-state index < -0.39 is 5.60 Å². The van der Waals surface area contributed by atoms with Crippen LogP contribution in [0.5, 0.6) is 5.88 Å². The number of allylic oxidation sites excluding steroid dienone is 1.